The predicted octanol–water partition coefficient (Wildman–Crippen LogP) is 13.6. The summed E-state index contributed by atoms with van der Waals surface area (Å²) >= 11 is 0. The average molecular weight is 1050 g/mol. The van der Waals surface area contributed by atoms with Crippen LogP contribution in [0, 0.1) is 0 Å². The van der Waals surface area contributed by atoms with E-state index >= 15 is 0 Å². The van der Waals surface area contributed by atoms with Crippen molar-refractivity contribution in [1.82, 2.24) is 5.32 Å². The minimum Gasteiger partial charge on any atom is -0.394 e. The van der Waals surface area contributed by atoms with Crippen LogP contribution in [0.1, 0.15) is 277 Å². The zero-order valence-electron chi connectivity index (χ0n) is 47.6. The number of allylic oxidation sites excluding steroid dienone is 8. The molecule has 0 radical (unpaired) electrons. The highest BCUT2D eigenvalue weighted by Crippen LogP contribution is 2.23. The molecule has 1 amide bonds. The molecule has 11 nitrogen and oxygen atoms in total. The second kappa shape index (κ2) is 51.8. The minimum atomic E-state index is -1.68. The third kappa shape index (κ3) is 39.4. The number of ether oxygens (including phenoxy) is 2. The topological polar surface area (TPSA) is 189 Å². The summed E-state index contributed by atoms with van der Waals surface area (Å²) < 4.78 is 11.1. The Hall–Kier alpha value is -1.93. The van der Waals surface area contributed by atoms with Crippen molar-refractivity contribution >= 4 is 5.91 Å². The summed E-state index contributed by atoms with van der Waals surface area (Å²) in [6.45, 7) is 3.46. The Labute approximate surface area is 453 Å². The maximum Gasteiger partial charge on any atom is 0.249 e. The Balaban J connectivity index is 2.33. The molecule has 9 atom stereocenters. The van der Waals surface area contributed by atoms with Crippen molar-refractivity contribution in [2.24, 2.45) is 0 Å². The summed E-state index contributed by atoms with van der Waals surface area (Å²) in [5.74, 6) is -0.714. The Morgan fingerprint density at radius 3 is 1.20 bits per heavy atom. The van der Waals surface area contributed by atoms with Crippen LogP contribution in [0.4, 0.5) is 0 Å². The first-order valence-corrected chi connectivity index (χ1v) is 31.0. The number of carbonyl (C=O) groups excluding carboxylic acids is 1. The fraction of sp³-hybridized carbons (Fsp3) is 0.857. The molecule has 0 aliphatic carbocycles. The van der Waals surface area contributed by atoms with Crippen LogP contribution >= 0.6 is 0 Å². The number of nitrogens with one attached hydrogen (secondary N) is 1. The first-order chi connectivity index (χ1) is 36.2. The minimum absolute atomic E-state index is 0.239. The predicted molar refractivity (Wildman–Crippen MR) is 307 cm³/mol. The van der Waals surface area contributed by atoms with Gasteiger partial charge in [0.05, 0.1) is 25.4 Å². The average Bonchev–Trinajstić information content (AvgIpc) is 3.40. The maximum absolute atomic E-state index is 13.2. The Bertz CT molecular complexity index is 1340. The second-order valence-electron chi connectivity index (χ2n) is 21.7. The molecule has 0 aromatic carbocycles. The molecule has 0 bridgehead atoms. The van der Waals surface area contributed by atoms with Gasteiger partial charge in [0.1, 0.15) is 36.6 Å². The molecule has 8 N–H and O–H groups in total. The van der Waals surface area contributed by atoms with Crippen LogP contribution in [0.2, 0.25) is 0 Å². The van der Waals surface area contributed by atoms with Gasteiger partial charge < -0.3 is 50.5 Å². The highest BCUT2D eigenvalue weighted by molar-refractivity contribution is 5.80. The Morgan fingerprint density at radius 2 is 0.811 bits per heavy atom. The monoisotopic (exact) mass is 1050 g/mol. The van der Waals surface area contributed by atoms with Gasteiger partial charge in [0.15, 0.2) is 6.29 Å². The molecule has 0 aromatic rings. The zero-order valence-corrected chi connectivity index (χ0v) is 47.6. The number of amides is 1. The van der Waals surface area contributed by atoms with Crippen LogP contribution in [0.15, 0.2) is 48.6 Å². The molecule has 9 unspecified atom stereocenters. The van der Waals surface area contributed by atoms with E-state index < -0.39 is 74.2 Å². The van der Waals surface area contributed by atoms with E-state index in [1.165, 1.54) is 173 Å². The lowest BCUT2D eigenvalue weighted by Gasteiger charge is -2.40. The molecule has 1 rings (SSSR count). The molecule has 1 aliphatic rings. The third-order valence-corrected chi connectivity index (χ3v) is 14.8. The van der Waals surface area contributed by atoms with Gasteiger partial charge in [-0.3, -0.25) is 4.79 Å². The number of unbranched alkanes of at least 4 members (excludes halogenated alkanes) is 33. The summed E-state index contributed by atoms with van der Waals surface area (Å²) in [5, 5.41) is 76.2. The van der Waals surface area contributed by atoms with E-state index in [0.29, 0.717) is 19.3 Å². The normalized spacial score (nSPS) is 20.1. The van der Waals surface area contributed by atoms with Gasteiger partial charge in [-0.05, 0) is 89.9 Å². The number of rotatable bonds is 53. The highest BCUT2D eigenvalue weighted by atomic mass is 16.7. The molecular formula is C63H117NO10. The van der Waals surface area contributed by atoms with Crippen molar-refractivity contribution in [2.45, 2.75) is 332 Å². The standard InChI is InChI=1S/C63H117NO10/c1-3-5-7-9-11-13-15-17-19-21-23-25-27-29-30-32-34-36-38-40-42-44-46-48-50-55(66)58(68)54(53-73-63-61(71)60(70)59(69)57(52-65)74-63)64-62(72)56(67)51-49-47-45-43-41-39-37-35-33-31-28-26-24-22-20-18-16-14-12-10-8-6-4-2/h27,29,31,33-34,36,42,44,54-61,63,65-71H,3-26,28,30,32,35,37-41,43,45-53H2,1-2H3,(H,64,72)/b29-27+,33-31-,36-34+,44-42+. The number of hydrogen-bond donors (Lipinski definition) is 8. The van der Waals surface area contributed by atoms with E-state index in [4.69, 9.17) is 9.47 Å². The molecule has 434 valence electrons. The van der Waals surface area contributed by atoms with E-state index in [1.807, 2.05) is 0 Å². The summed E-state index contributed by atoms with van der Waals surface area (Å²) in [6.07, 6.45) is 54.6. The van der Waals surface area contributed by atoms with Crippen LogP contribution in [0.3, 0.4) is 0 Å². The Morgan fingerprint density at radius 1 is 0.459 bits per heavy atom. The van der Waals surface area contributed by atoms with E-state index in [2.05, 4.69) is 67.8 Å². The fourth-order valence-corrected chi connectivity index (χ4v) is 9.76. The van der Waals surface area contributed by atoms with Crippen LogP contribution in [0.25, 0.3) is 0 Å². The van der Waals surface area contributed by atoms with Gasteiger partial charge in [-0.15, -0.1) is 0 Å². The van der Waals surface area contributed by atoms with E-state index in [0.717, 1.165) is 57.8 Å². The Kier molecular flexibility index (Phi) is 49.1. The lowest BCUT2D eigenvalue weighted by atomic mass is 9.98. The number of aliphatic hydroxyl groups is 7. The van der Waals surface area contributed by atoms with E-state index in [9.17, 15) is 40.5 Å². The molecule has 0 saturated carbocycles. The van der Waals surface area contributed by atoms with Gasteiger partial charge in [-0.25, -0.2) is 0 Å². The van der Waals surface area contributed by atoms with Crippen molar-refractivity contribution in [3.8, 4) is 0 Å². The van der Waals surface area contributed by atoms with Crippen molar-refractivity contribution in [1.29, 1.82) is 0 Å². The van der Waals surface area contributed by atoms with Crippen molar-refractivity contribution in [3.63, 3.8) is 0 Å². The fourth-order valence-electron chi connectivity index (χ4n) is 9.76. The number of aliphatic hydroxyl groups excluding tert-OH is 7. The van der Waals surface area contributed by atoms with Crippen molar-refractivity contribution < 1.29 is 50.0 Å². The molecule has 0 spiro atoms. The number of carbonyl (C=O) groups is 1. The lowest BCUT2D eigenvalue weighted by molar-refractivity contribution is -0.303. The van der Waals surface area contributed by atoms with Gasteiger partial charge in [-0.2, -0.15) is 0 Å². The summed E-state index contributed by atoms with van der Waals surface area (Å²) in [6, 6.07) is -1.20. The summed E-state index contributed by atoms with van der Waals surface area (Å²) in [4.78, 5) is 13.2. The van der Waals surface area contributed by atoms with Crippen molar-refractivity contribution in [2.75, 3.05) is 13.2 Å². The van der Waals surface area contributed by atoms with Crippen molar-refractivity contribution in [3.05, 3.63) is 48.6 Å². The molecule has 74 heavy (non-hydrogen) atoms. The van der Waals surface area contributed by atoms with E-state index in [-0.39, 0.29) is 12.8 Å². The van der Waals surface area contributed by atoms with Crippen LogP contribution in [-0.4, -0.2) is 110 Å². The number of hydrogen-bond acceptors (Lipinski definition) is 10. The smallest absolute Gasteiger partial charge is 0.249 e. The maximum atomic E-state index is 13.2. The van der Waals surface area contributed by atoms with Crippen LogP contribution < -0.4 is 5.32 Å². The molecular weight excluding hydrogens is 931 g/mol. The van der Waals surface area contributed by atoms with E-state index in [1.54, 1.807) is 0 Å². The molecule has 1 fully saturated rings. The zero-order chi connectivity index (χ0) is 54.0. The first-order valence-electron chi connectivity index (χ1n) is 31.0. The first kappa shape index (κ1) is 70.1. The highest BCUT2D eigenvalue weighted by Gasteiger charge is 2.44. The SMILES string of the molecule is CCCCCCCCCCCCC/C=C/CC/C=C/CC/C=C/CCCC(O)C(O)C(COC1OC(CO)C(O)C(O)C1O)NC(=O)C(O)CCCCCCCCC/C=C\CCCCCCCCCCCCCC. The largest absolute Gasteiger partial charge is 0.394 e. The van der Waals surface area contributed by atoms with Gasteiger partial charge >= 0.3 is 0 Å². The molecule has 11 heteroatoms. The quantitative estimate of drug-likeness (QED) is 0.0215. The second-order valence-corrected chi connectivity index (χ2v) is 21.7. The summed E-state index contributed by atoms with van der Waals surface area (Å²) in [5.41, 5.74) is 0. The van der Waals surface area contributed by atoms with Gasteiger partial charge in [0.2, 0.25) is 5.91 Å². The van der Waals surface area contributed by atoms with Gasteiger partial charge in [0.25, 0.3) is 0 Å². The molecule has 1 saturated heterocycles. The lowest BCUT2D eigenvalue weighted by Crippen LogP contribution is -2.60. The molecule has 0 aromatic heterocycles. The summed E-state index contributed by atoms with van der Waals surface area (Å²) in [7, 11) is 0. The van der Waals surface area contributed by atoms with Crippen LogP contribution in [-0.2, 0) is 14.3 Å². The third-order valence-electron chi connectivity index (χ3n) is 14.8. The molecule has 1 heterocycles. The van der Waals surface area contributed by atoms with Crippen LogP contribution in [0.5, 0.6) is 0 Å². The van der Waals surface area contributed by atoms with Gasteiger partial charge in [-0.1, -0.05) is 236 Å². The van der Waals surface area contributed by atoms with Gasteiger partial charge in [0, 0.05) is 0 Å². The molecule has 1 aliphatic heterocycles.